The molecule has 0 radical (unpaired) electrons. The summed E-state index contributed by atoms with van der Waals surface area (Å²) in [6, 6.07) is 97.4. The van der Waals surface area contributed by atoms with E-state index in [1.807, 2.05) is 11.3 Å². The molecule has 0 fully saturated rings. The van der Waals surface area contributed by atoms with Crippen molar-refractivity contribution in [1.29, 1.82) is 0 Å². The van der Waals surface area contributed by atoms with Crippen molar-refractivity contribution >= 4 is 70.1 Å². The summed E-state index contributed by atoms with van der Waals surface area (Å²) in [5.74, 6) is 0. The fourth-order valence-electron chi connectivity index (χ4n) is 12.4. The molecule has 0 aliphatic heterocycles. The van der Waals surface area contributed by atoms with Crippen molar-refractivity contribution in [1.82, 2.24) is 0 Å². The van der Waals surface area contributed by atoms with Gasteiger partial charge in [0.25, 0.3) is 0 Å². The fraction of sp³-hybridized carbons (Fsp3) is 0.0145. The van der Waals surface area contributed by atoms with Crippen LogP contribution in [-0.4, -0.2) is 0 Å². The molecule has 1 aromatic heterocycles. The number of hydrogen-bond acceptors (Lipinski definition) is 2. The van der Waals surface area contributed by atoms with Crippen LogP contribution >= 0.6 is 11.3 Å². The van der Waals surface area contributed by atoms with Crippen molar-refractivity contribution in [2.75, 3.05) is 4.90 Å². The predicted octanol–water partition coefficient (Wildman–Crippen LogP) is 19.2. The molecule has 0 N–H and O–H groups in total. The van der Waals surface area contributed by atoms with E-state index in [-0.39, 0.29) is 0 Å². The van der Waals surface area contributed by atoms with Crippen LogP contribution < -0.4 is 4.90 Å². The van der Waals surface area contributed by atoms with Gasteiger partial charge in [0.05, 0.1) is 11.1 Å². The van der Waals surface area contributed by atoms with Gasteiger partial charge in [0.1, 0.15) is 0 Å². The Balaban J connectivity index is 0.936. The zero-order valence-corrected chi connectivity index (χ0v) is 39.5. The Hall–Kier alpha value is -8.82. The van der Waals surface area contributed by atoms with Crippen LogP contribution in [0.1, 0.15) is 22.3 Å². The first-order valence-corrected chi connectivity index (χ1v) is 25.4. The minimum absolute atomic E-state index is 0.414. The molecule has 0 bridgehead atoms. The van der Waals surface area contributed by atoms with E-state index in [0.717, 1.165) is 17.1 Å². The van der Waals surface area contributed by atoms with Gasteiger partial charge in [-0.3, -0.25) is 0 Å². The predicted molar refractivity (Wildman–Crippen MR) is 302 cm³/mol. The molecule has 0 atom stereocenters. The molecule has 1 nitrogen and oxygen atoms in total. The van der Waals surface area contributed by atoms with Gasteiger partial charge in [-0.05, 0) is 142 Å². The Morgan fingerprint density at radius 1 is 0.296 bits per heavy atom. The number of hydrogen-bond donors (Lipinski definition) is 0. The summed E-state index contributed by atoms with van der Waals surface area (Å²) < 4.78 is 2.56. The first kappa shape index (κ1) is 40.1. The minimum atomic E-state index is -0.414. The van der Waals surface area contributed by atoms with Crippen molar-refractivity contribution in [2.24, 2.45) is 0 Å². The molecule has 15 rings (SSSR count). The van der Waals surface area contributed by atoms with Gasteiger partial charge < -0.3 is 4.90 Å². The van der Waals surface area contributed by atoms with E-state index in [4.69, 9.17) is 0 Å². The molecular formula is C69H43NS. The van der Waals surface area contributed by atoms with Crippen LogP contribution in [0.2, 0.25) is 0 Å². The normalized spacial score (nSPS) is 12.9. The molecule has 2 aliphatic rings. The van der Waals surface area contributed by atoms with E-state index in [1.165, 1.54) is 120 Å². The number of fused-ring (bicyclic) bond motifs is 15. The largest absolute Gasteiger partial charge is 0.310 e. The van der Waals surface area contributed by atoms with Crippen molar-refractivity contribution in [3.63, 3.8) is 0 Å². The maximum absolute atomic E-state index is 2.50. The van der Waals surface area contributed by atoms with Crippen molar-refractivity contribution in [2.45, 2.75) is 5.41 Å². The van der Waals surface area contributed by atoms with Crippen LogP contribution in [-0.2, 0) is 5.41 Å². The summed E-state index contributed by atoms with van der Waals surface area (Å²) in [6.07, 6.45) is 0. The van der Waals surface area contributed by atoms with Crippen LogP contribution in [0.5, 0.6) is 0 Å². The lowest BCUT2D eigenvalue weighted by atomic mass is 9.70. The zero-order valence-electron chi connectivity index (χ0n) is 38.7. The smallest absolute Gasteiger partial charge is 0.0725 e. The third-order valence-electron chi connectivity index (χ3n) is 15.5. The maximum atomic E-state index is 2.50. The number of benzene rings is 12. The highest BCUT2D eigenvalue weighted by Gasteiger charge is 2.51. The highest BCUT2D eigenvalue weighted by Crippen LogP contribution is 2.63. The van der Waals surface area contributed by atoms with E-state index in [1.54, 1.807) is 0 Å². The van der Waals surface area contributed by atoms with Crippen molar-refractivity contribution in [3.05, 3.63) is 283 Å². The van der Waals surface area contributed by atoms with Crippen LogP contribution in [0.25, 0.3) is 97.4 Å². The van der Waals surface area contributed by atoms with Crippen molar-refractivity contribution in [3.8, 4) is 55.6 Å². The Bertz CT molecular complexity index is 4240. The third kappa shape index (κ3) is 5.92. The highest BCUT2D eigenvalue weighted by atomic mass is 32.1. The van der Waals surface area contributed by atoms with E-state index < -0.39 is 5.41 Å². The lowest BCUT2D eigenvalue weighted by Crippen LogP contribution is -2.25. The first-order chi connectivity index (χ1) is 35.2. The second kappa shape index (κ2) is 15.6. The summed E-state index contributed by atoms with van der Waals surface area (Å²) >= 11 is 1.89. The summed E-state index contributed by atoms with van der Waals surface area (Å²) in [5, 5.41) is 7.53. The Labute approximate surface area is 416 Å². The van der Waals surface area contributed by atoms with Crippen molar-refractivity contribution < 1.29 is 0 Å². The van der Waals surface area contributed by atoms with Gasteiger partial charge in [-0.15, -0.1) is 11.3 Å². The quantitative estimate of drug-likeness (QED) is 0.161. The average molecular weight is 918 g/mol. The van der Waals surface area contributed by atoms with E-state index in [2.05, 4.69) is 266 Å². The molecule has 1 spiro atoms. The van der Waals surface area contributed by atoms with E-state index in [0.29, 0.717) is 0 Å². The lowest BCUT2D eigenvalue weighted by molar-refractivity contribution is 0.794. The van der Waals surface area contributed by atoms with Crippen LogP contribution in [0.15, 0.2) is 261 Å². The summed E-state index contributed by atoms with van der Waals surface area (Å²) in [7, 11) is 0. The molecule has 0 amide bonds. The van der Waals surface area contributed by atoms with Gasteiger partial charge >= 0.3 is 0 Å². The van der Waals surface area contributed by atoms with Crippen LogP contribution in [0.4, 0.5) is 17.1 Å². The third-order valence-corrected chi connectivity index (χ3v) is 16.7. The van der Waals surface area contributed by atoms with Gasteiger partial charge in [-0.25, -0.2) is 0 Å². The van der Waals surface area contributed by atoms with Crippen LogP contribution in [0.3, 0.4) is 0 Å². The first-order valence-electron chi connectivity index (χ1n) is 24.6. The second-order valence-corrected chi connectivity index (χ2v) is 20.2. The SMILES string of the molecule is c1cc(-c2ccc3c(c2)C2(c4ccccc4-c4ccccc42)c2ccccc2-3)cc(N(c2ccc(-c3ccc4ccccc4c3)cc2)c2ccc(-c3cccc4ccccc34)c3sc4ccccc4c23)c1. The van der Waals surface area contributed by atoms with Crippen LogP contribution in [0, 0.1) is 0 Å². The number of nitrogens with zero attached hydrogens (tertiary/aromatic N) is 1. The molecule has 1 heterocycles. The summed E-state index contributed by atoms with van der Waals surface area (Å²) in [5.41, 5.74) is 20.9. The Morgan fingerprint density at radius 3 is 1.59 bits per heavy atom. The molecule has 0 unspecified atom stereocenters. The number of thiophene rings is 1. The topological polar surface area (TPSA) is 3.24 Å². The van der Waals surface area contributed by atoms with Gasteiger partial charge in [-0.1, -0.05) is 212 Å². The summed E-state index contributed by atoms with van der Waals surface area (Å²) in [4.78, 5) is 2.50. The van der Waals surface area contributed by atoms with Gasteiger partial charge in [0.15, 0.2) is 0 Å². The van der Waals surface area contributed by atoms with Gasteiger partial charge in [-0.2, -0.15) is 0 Å². The Kier molecular flexibility index (Phi) is 8.81. The number of anilines is 3. The molecule has 2 aliphatic carbocycles. The molecule has 0 saturated heterocycles. The zero-order chi connectivity index (χ0) is 46.6. The average Bonchev–Trinajstić information content (AvgIpc) is 4.08. The van der Waals surface area contributed by atoms with Gasteiger partial charge in [0, 0.05) is 37.1 Å². The molecule has 2 heteroatoms. The number of rotatable bonds is 6. The minimum Gasteiger partial charge on any atom is -0.310 e. The molecular weight excluding hydrogens is 875 g/mol. The lowest BCUT2D eigenvalue weighted by Gasteiger charge is -2.31. The monoisotopic (exact) mass is 917 g/mol. The van der Waals surface area contributed by atoms with Gasteiger partial charge in [0.2, 0.25) is 0 Å². The standard InChI is InChI=1S/C69H43NS/c1-2-17-47-41-49(32-31-44(47)15-1)45-33-36-51(37-34-45)70(65-40-39-59(54-26-14-18-46-16-3-4-21-53(46)54)68-67(65)60-25-8-12-30-66(60)71-68)52-20-13-19-48(42-52)50-35-38-58-57-24-7-11-29-63(57)69(64(58)43-50)61-27-9-5-22-55(61)56-23-6-10-28-62(56)69/h1-43H. The molecule has 12 aromatic carbocycles. The highest BCUT2D eigenvalue weighted by molar-refractivity contribution is 7.26. The maximum Gasteiger partial charge on any atom is 0.0725 e. The second-order valence-electron chi connectivity index (χ2n) is 19.1. The molecule has 71 heavy (non-hydrogen) atoms. The van der Waals surface area contributed by atoms with E-state index >= 15 is 0 Å². The molecule has 330 valence electrons. The molecule has 13 aromatic rings. The Morgan fingerprint density at radius 2 is 0.831 bits per heavy atom. The molecule has 0 saturated carbocycles. The summed E-state index contributed by atoms with van der Waals surface area (Å²) in [6.45, 7) is 0. The van der Waals surface area contributed by atoms with E-state index in [9.17, 15) is 0 Å². The fourth-order valence-corrected chi connectivity index (χ4v) is 13.6.